The van der Waals surface area contributed by atoms with Crippen molar-refractivity contribution in [1.29, 1.82) is 0 Å². The first-order valence-electron chi connectivity index (χ1n) is 6.45. The Balaban J connectivity index is 2.08. The minimum Gasteiger partial charge on any atom is -0.465 e. The molecule has 2 aliphatic rings. The van der Waals surface area contributed by atoms with Crippen molar-refractivity contribution in [2.45, 2.75) is 38.1 Å². The molecular formula is C14H16BrNO2. The van der Waals surface area contributed by atoms with E-state index in [1.54, 1.807) is 4.90 Å². The first kappa shape index (κ1) is 12.0. The predicted molar refractivity (Wildman–Crippen MR) is 72.9 cm³/mol. The zero-order chi connectivity index (χ0) is 12.7. The molecule has 18 heavy (non-hydrogen) atoms. The molecule has 3 rings (SSSR count). The summed E-state index contributed by atoms with van der Waals surface area (Å²) in [5.74, 6) is 0.547. The van der Waals surface area contributed by atoms with E-state index in [4.69, 9.17) is 0 Å². The predicted octanol–water partition coefficient (Wildman–Crippen LogP) is 3.75. The fourth-order valence-corrected chi connectivity index (χ4v) is 3.85. The molecule has 0 spiro atoms. The van der Waals surface area contributed by atoms with Crippen LogP contribution in [0, 0.1) is 0 Å². The van der Waals surface area contributed by atoms with Gasteiger partial charge in [0.25, 0.3) is 0 Å². The third-order valence-corrected chi connectivity index (χ3v) is 4.90. The smallest absolute Gasteiger partial charge is 0.407 e. The molecule has 1 aromatic carbocycles. The fraction of sp³-hybridized carbons (Fsp3) is 0.500. The Kier molecular flexibility index (Phi) is 3.06. The zero-order valence-corrected chi connectivity index (χ0v) is 11.7. The number of benzene rings is 1. The van der Waals surface area contributed by atoms with E-state index in [1.807, 2.05) is 0 Å². The average Bonchev–Trinajstić information content (AvgIpc) is 2.55. The number of amides is 1. The molecule has 4 heteroatoms. The average molecular weight is 310 g/mol. The van der Waals surface area contributed by atoms with Crippen LogP contribution < -0.4 is 0 Å². The molecule has 0 saturated heterocycles. The second-order valence-corrected chi connectivity index (χ2v) is 6.04. The monoisotopic (exact) mass is 309 g/mol. The molecule has 3 nitrogen and oxygen atoms in total. The van der Waals surface area contributed by atoms with E-state index in [-0.39, 0.29) is 0 Å². The van der Waals surface area contributed by atoms with Gasteiger partial charge in [-0.25, -0.2) is 4.79 Å². The summed E-state index contributed by atoms with van der Waals surface area (Å²) in [6.07, 6.45) is 3.69. The highest BCUT2D eigenvalue weighted by atomic mass is 79.9. The molecule has 0 fully saturated rings. The highest BCUT2D eigenvalue weighted by molar-refractivity contribution is 9.10. The molecular weight excluding hydrogens is 294 g/mol. The Bertz CT molecular complexity index is 501. The van der Waals surface area contributed by atoms with E-state index < -0.39 is 6.09 Å². The summed E-state index contributed by atoms with van der Waals surface area (Å²) in [6.45, 7) is 1.20. The molecule has 1 aromatic rings. The lowest BCUT2D eigenvalue weighted by Crippen LogP contribution is -2.28. The molecule has 1 aliphatic heterocycles. The van der Waals surface area contributed by atoms with Gasteiger partial charge >= 0.3 is 6.09 Å². The van der Waals surface area contributed by atoms with Crippen molar-refractivity contribution in [2.75, 3.05) is 6.54 Å². The zero-order valence-electron chi connectivity index (χ0n) is 10.2. The summed E-state index contributed by atoms with van der Waals surface area (Å²) in [6, 6.07) is 4.16. The van der Waals surface area contributed by atoms with Gasteiger partial charge in [0, 0.05) is 17.6 Å². The third kappa shape index (κ3) is 1.92. The molecule has 1 aliphatic carbocycles. The summed E-state index contributed by atoms with van der Waals surface area (Å²) < 4.78 is 1.19. The lowest BCUT2D eigenvalue weighted by atomic mass is 9.79. The Morgan fingerprint density at radius 2 is 2.22 bits per heavy atom. The van der Waals surface area contributed by atoms with Crippen LogP contribution in [0.5, 0.6) is 0 Å². The summed E-state index contributed by atoms with van der Waals surface area (Å²) in [7, 11) is 0. The standard InChI is InChI=1S/C14H16BrNO2/c15-12-5-4-10-8-16(14(17)18)7-6-9-2-1-3-11(12)13(9)10/h4-5,9H,1-3,6-8H2,(H,17,18). The summed E-state index contributed by atoms with van der Waals surface area (Å²) in [5.41, 5.74) is 4.05. The number of hydrogen-bond acceptors (Lipinski definition) is 1. The van der Waals surface area contributed by atoms with Crippen molar-refractivity contribution in [3.05, 3.63) is 33.3 Å². The lowest BCUT2D eigenvalue weighted by molar-refractivity contribution is 0.142. The van der Waals surface area contributed by atoms with Crippen LogP contribution in [0.25, 0.3) is 0 Å². The van der Waals surface area contributed by atoms with Crippen LogP contribution in [-0.2, 0) is 13.0 Å². The molecule has 0 saturated carbocycles. The van der Waals surface area contributed by atoms with Crippen LogP contribution in [0.15, 0.2) is 16.6 Å². The van der Waals surface area contributed by atoms with Gasteiger partial charge in [-0.1, -0.05) is 22.0 Å². The van der Waals surface area contributed by atoms with Gasteiger partial charge in [-0.3, -0.25) is 0 Å². The normalized spacial score (nSPS) is 22.3. The largest absolute Gasteiger partial charge is 0.465 e. The minimum atomic E-state index is -0.801. The number of carboxylic acid groups (broad SMARTS) is 1. The molecule has 0 bridgehead atoms. The van der Waals surface area contributed by atoms with E-state index in [0.29, 0.717) is 19.0 Å². The number of hydrogen-bond donors (Lipinski definition) is 1. The van der Waals surface area contributed by atoms with E-state index in [2.05, 4.69) is 28.1 Å². The molecule has 1 N–H and O–H groups in total. The van der Waals surface area contributed by atoms with E-state index in [0.717, 1.165) is 12.8 Å². The summed E-state index contributed by atoms with van der Waals surface area (Å²) in [5, 5.41) is 9.20. The van der Waals surface area contributed by atoms with Gasteiger partial charge < -0.3 is 10.0 Å². The molecule has 1 heterocycles. The maximum absolute atomic E-state index is 11.2. The number of carbonyl (C=O) groups is 1. The molecule has 1 atom stereocenters. The van der Waals surface area contributed by atoms with Gasteiger partial charge in [-0.2, -0.15) is 0 Å². The molecule has 0 radical (unpaired) electrons. The second-order valence-electron chi connectivity index (χ2n) is 5.18. The maximum atomic E-state index is 11.2. The molecule has 1 amide bonds. The highest BCUT2D eigenvalue weighted by Crippen LogP contribution is 2.41. The van der Waals surface area contributed by atoms with Crippen LogP contribution in [-0.4, -0.2) is 22.6 Å². The Hall–Kier alpha value is -1.03. The van der Waals surface area contributed by atoms with Gasteiger partial charge in [0.2, 0.25) is 0 Å². The van der Waals surface area contributed by atoms with E-state index >= 15 is 0 Å². The van der Waals surface area contributed by atoms with Crippen molar-refractivity contribution in [3.63, 3.8) is 0 Å². The second kappa shape index (κ2) is 4.57. The molecule has 1 unspecified atom stereocenters. The maximum Gasteiger partial charge on any atom is 0.407 e. The van der Waals surface area contributed by atoms with Gasteiger partial charge in [-0.05, 0) is 54.4 Å². The van der Waals surface area contributed by atoms with Gasteiger partial charge in [-0.15, -0.1) is 0 Å². The highest BCUT2D eigenvalue weighted by Gasteiger charge is 2.29. The quantitative estimate of drug-likeness (QED) is 0.793. The van der Waals surface area contributed by atoms with Crippen LogP contribution >= 0.6 is 15.9 Å². The Morgan fingerprint density at radius 1 is 1.39 bits per heavy atom. The Morgan fingerprint density at radius 3 is 3.00 bits per heavy atom. The number of nitrogens with zero attached hydrogens (tertiary/aromatic N) is 1. The van der Waals surface area contributed by atoms with Crippen molar-refractivity contribution in [2.24, 2.45) is 0 Å². The summed E-state index contributed by atoms with van der Waals surface area (Å²) in [4.78, 5) is 12.7. The first-order valence-corrected chi connectivity index (χ1v) is 7.24. The molecule has 96 valence electrons. The van der Waals surface area contributed by atoms with Gasteiger partial charge in [0.1, 0.15) is 0 Å². The SMILES string of the molecule is O=C(O)N1CCC2CCCc3c(Br)ccc(c32)C1. The van der Waals surface area contributed by atoms with Gasteiger partial charge in [0.15, 0.2) is 0 Å². The molecule has 0 aromatic heterocycles. The van der Waals surface area contributed by atoms with E-state index in [9.17, 15) is 9.90 Å². The van der Waals surface area contributed by atoms with E-state index in [1.165, 1.54) is 34.0 Å². The van der Waals surface area contributed by atoms with Crippen LogP contribution in [0.2, 0.25) is 0 Å². The number of rotatable bonds is 0. The third-order valence-electron chi connectivity index (χ3n) is 4.16. The fourth-order valence-electron chi connectivity index (χ4n) is 3.31. The van der Waals surface area contributed by atoms with Crippen molar-refractivity contribution >= 4 is 22.0 Å². The van der Waals surface area contributed by atoms with Crippen LogP contribution in [0.1, 0.15) is 41.9 Å². The van der Waals surface area contributed by atoms with Crippen molar-refractivity contribution in [3.8, 4) is 0 Å². The van der Waals surface area contributed by atoms with Gasteiger partial charge in [0.05, 0.1) is 0 Å². The lowest BCUT2D eigenvalue weighted by Gasteiger charge is -2.26. The number of halogens is 1. The first-order chi connectivity index (χ1) is 8.66. The van der Waals surface area contributed by atoms with Crippen LogP contribution in [0.4, 0.5) is 4.79 Å². The minimum absolute atomic E-state index is 0.543. The van der Waals surface area contributed by atoms with Crippen molar-refractivity contribution < 1.29 is 9.90 Å². The van der Waals surface area contributed by atoms with Crippen molar-refractivity contribution in [1.82, 2.24) is 4.90 Å². The topological polar surface area (TPSA) is 40.5 Å². The Labute approximate surface area is 115 Å². The summed E-state index contributed by atoms with van der Waals surface area (Å²) >= 11 is 3.64. The van der Waals surface area contributed by atoms with Crippen LogP contribution in [0.3, 0.4) is 0 Å².